The topological polar surface area (TPSA) is 96.9 Å². The number of benzene rings is 2. The minimum Gasteiger partial charge on any atom is -0.508 e. The molecular weight excluding hydrogens is 342 g/mol. The normalized spacial score (nSPS) is 12.0. The van der Waals surface area contributed by atoms with Gasteiger partial charge in [0.25, 0.3) is 0 Å². The van der Waals surface area contributed by atoms with Crippen LogP contribution in [0.1, 0.15) is 11.3 Å². The number of phenolic OH excluding ortho intramolecular Hbond substituents is 1. The zero-order chi connectivity index (χ0) is 19.1. The molecule has 0 unspecified atom stereocenters. The first kappa shape index (κ1) is 16.8. The lowest BCUT2D eigenvalue weighted by Crippen LogP contribution is -2.23. The number of nitrogens with zero attached hydrogens (tertiary/aromatic N) is 2. The van der Waals surface area contributed by atoms with Crippen molar-refractivity contribution < 1.29 is 14.7 Å². The molecular formula is C21H19N3O3. The lowest BCUT2D eigenvalue weighted by Gasteiger charge is -2.12. The Morgan fingerprint density at radius 2 is 1.74 bits per heavy atom. The Kier molecular flexibility index (Phi) is 3.88. The molecule has 0 spiro atoms. The van der Waals surface area contributed by atoms with Crippen LogP contribution in [-0.4, -0.2) is 20.8 Å². The summed E-state index contributed by atoms with van der Waals surface area (Å²) in [5.41, 5.74) is 11.3. The van der Waals surface area contributed by atoms with E-state index in [0.717, 1.165) is 44.6 Å². The molecule has 4 rings (SSSR count). The zero-order valence-corrected chi connectivity index (χ0v) is 15.0. The molecule has 0 aliphatic carbocycles. The van der Waals surface area contributed by atoms with E-state index in [2.05, 4.69) is 5.16 Å². The Morgan fingerprint density at radius 1 is 1.04 bits per heavy atom. The van der Waals surface area contributed by atoms with Crippen molar-refractivity contribution >= 4 is 16.9 Å². The minimum absolute atomic E-state index is 0.0359. The Bertz CT molecular complexity index is 1150. The third-order valence-corrected chi connectivity index (χ3v) is 4.76. The van der Waals surface area contributed by atoms with Crippen molar-refractivity contribution in [1.82, 2.24) is 4.57 Å². The lowest BCUT2D eigenvalue weighted by molar-refractivity contribution is 0.316. The second-order valence-corrected chi connectivity index (χ2v) is 6.43. The second kappa shape index (κ2) is 6.25. The average molecular weight is 361 g/mol. The Hall–Kier alpha value is -3.67. The van der Waals surface area contributed by atoms with Gasteiger partial charge >= 0.3 is 0 Å². The standard InChI is InChI=1S/C21H19N3O3/c1-12-11-27-13(2)18(12)20-19(14-7-9-15(25)10-8-14)16-5-3-4-6-17(16)24(20)21(22)23-26/h3-11,25-26H,1-2H3,(H2,22,23). The van der Waals surface area contributed by atoms with Crippen LogP contribution < -0.4 is 5.73 Å². The predicted molar refractivity (Wildman–Crippen MR) is 105 cm³/mol. The van der Waals surface area contributed by atoms with Crippen LogP contribution in [0.2, 0.25) is 0 Å². The molecule has 0 bridgehead atoms. The van der Waals surface area contributed by atoms with E-state index in [1.165, 1.54) is 0 Å². The number of hydrogen-bond donors (Lipinski definition) is 3. The lowest BCUT2D eigenvalue weighted by atomic mass is 9.97. The summed E-state index contributed by atoms with van der Waals surface area (Å²) in [5.74, 6) is 0.893. The number of phenols is 1. The van der Waals surface area contributed by atoms with Crippen molar-refractivity contribution in [3.05, 3.63) is 66.1 Å². The third kappa shape index (κ3) is 2.54. The van der Waals surface area contributed by atoms with Gasteiger partial charge in [-0.05, 0) is 43.2 Å². The highest BCUT2D eigenvalue weighted by Crippen LogP contribution is 2.43. The van der Waals surface area contributed by atoms with Gasteiger partial charge in [0.1, 0.15) is 11.5 Å². The van der Waals surface area contributed by atoms with Crippen molar-refractivity contribution in [1.29, 1.82) is 0 Å². The van der Waals surface area contributed by atoms with E-state index in [1.807, 2.05) is 50.2 Å². The fourth-order valence-electron chi connectivity index (χ4n) is 3.61. The van der Waals surface area contributed by atoms with E-state index in [1.54, 1.807) is 23.0 Å². The molecule has 2 aromatic heterocycles. The van der Waals surface area contributed by atoms with Gasteiger partial charge in [-0.2, -0.15) is 0 Å². The van der Waals surface area contributed by atoms with Crippen LogP contribution in [-0.2, 0) is 0 Å². The summed E-state index contributed by atoms with van der Waals surface area (Å²) in [6.07, 6.45) is 1.69. The number of aromatic nitrogens is 1. The molecule has 6 heteroatoms. The molecule has 2 aromatic carbocycles. The summed E-state index contributed by atoms with van der Waals surface area (Å²) in [7, 11) is 0. The summed E-state index contributed by atoms with van der Waals surface area (Å²) in [6, 6.07) is 14.8. The van der Waals surface area contributed by atoms with Crippen molar-refractivity contribution in [3.8, 4) is 28.1 Å². The van der Waals surface area contributed by atoms with Gasteiger partial charge in [-0.1, -0.05) is 35.5 Å². The van der Waals surface area contributed by atoms with Gasteiger partial charge in [0, 0.05) is 16.5 Å². The molecule has 0 fully saturated rings. The van der Waals surface area contributed by atoms with E-state index in [0.29, 0.717) is 0 Å². The van der Waals surface area contributed by atoms with Crippen molar-refractivity contribution in [3.63, 3.8) is 0 Å². The Balaban J connectivity index is 2.22. The number of furan rings is 1. The minimum atomic E-state index is -0.0359. The van der Waals surface area contributed by atoms with Crippen LogP contribution in [0, 0.1) is 13.8 Å². The highest BCUT2D eigenvalue weighted by atomic mass is 16.4. The van der Waals surface area contributed by atoms with Crippen molar-refractivity contribution in [2.75, 3.05) is 0 Å². The van der Waals surface area contributed by atoms with Crippen LogP contribution in [0.3, 0.4) is 0 Å². The summed E-state index contributed by atoms with van der Waals surface area (Å²) in [4.78, 5) is 0. The van der Waals surface area contributed by atoms with Crippen LogP contribution in [0.15, 0.2) is 64.4 Å². The smallest absolute Gasteiger partial charge is 0.242 e. The number of nitrogens with two attached hydrogens (primary N) is 1. The largest absolute Gasteiger partial charge is 0.508 e. The van der Waals surface area contributed by atoms with Gasteiger partial charge in [0.15, 0.2) is 0 Å². The van der Waals surface area contributed by atoms with Gasteiger partial charge in [0.05, 0.1) is 17.5 Å². The highest BCUT2D eigenvalue weighted by molar-refractivity contribution is 6.10. The fourth-order valence-corrected chi connectivity index (χ4v) is 3.61. The molecule has 136 valence electrons. The van der Waals surface area contributed by atoms with Crippen LogP contribution >= 0.6 is 0 Å². The number of para-hydroxylation sites is 1. The maximum absolute atomic E-state index is 9.70. The zero-order valence-electron chi connectivity index (χ0n) is 15.0. The van der Waals surface area contributed by atoms with E-state index in [4.69, 9.17) is 10.2 Å². The fraction of sp³-hybridized carbons (Fsp3) is 0.0952. The second-order valence-electron chi connectivity index (χ2n) is 6.43. The van der Waals surface area contributed by atoms with Crippen LogP contribution in [0.25, 0.3) is 33.3 Å². The molecule has 2 heterocycles. The molecule has 0 atom stereocenters. The molecule has 0 radical (unpaired) electrons. The van der Waals surface area contributed by atoms with Gasteiger partial charge in [-0.25, -0.2) is 0 Å². The molecule has 4 aromatic rings. The number of rotatable bonds is 2. The maximum Gasteiger partial charge on any atom is 0.242 e. The molecule has 4 N–H and O–H groups in total. The van der Waals surface area contributed by atoms with E-state index in [9.17, 15) is 10.3 Å². The monoisotopic (exact) mass is 361 g/mol. The van der Waals surface area contributed by atoms with Gasteiger partial charge in [-0.3, -0.25) is 4.57 Å². The molecule has 0 aliphatic heterocycles. The molecule has 0 saturated heterocycles. The maximum atomic E-state index is 9.70. The first-order valence-electron chi connectivity index (χ1n) is 8.48. The summed E-state index contributed by atoms with van der Waals surface area (Å²) in [6.45, 7) is 3.85. The van der Waals surface area contributed by atoms with Crippen molar-refractivity contribution in [2.24, 2.45) is 10.9 Å². The van der Waals surface area contributed by atoms with E-state index < -0.39 is 0 Å². The number of aryl methyl sites for hydroxylation is 2. The van der Waals surface area contributed by atoms with Gasteiger partial charge < -0.3 is 20.5 Å². The molecule has 27 heavy (non-hydrogen) atoms. The number of hydrogen-bond acceptors (Lipinski definition) is 4. The first-order valence-corrected chi connectivity index (χ1v) is 8.48. The SMILES string of the molecule is Cc1coc(C)c1-c1c(-c2ccc(O)cc2)c2ccccc2n1/C(N)=N/O. The van der Waals surface area contributed by atoms with Crippen molar-refractivity contribution in [2.45, 2.75) is 13.8 Å². The third-order valence-electron chi connectivity index (χ3n) is 4.76. The molecule has 0 amide bonds. The summed E-state index contributed by atoms with van der Waals surface area (Å²) in [5, 5.41) is 23.3. The highest BCUT2D eigenvalue weighted by Gasteiger charge is 2.25. The first-order chi connectivity index (χ1) is 13.0. The molecule has 0 saturated carbocycles. The Labute approximate surface area is 155 Å². The van der Waals surface area contributed by atoms with E-state index in [-0.39, 0.29) is 11.7 Å². The molecule has 6 nitrogen and oxygen atoms in total. The van der Waals surface area contributed by atoms with E-state index >= 15 is 0 Å². The quantitative estimate of drug-likeness (QED) is 0.213. The summed E-state index contributed by atoms with van der Waals surface area (Å²) < 4.78 is 7.35. The molecule has 0 aliphatic rings. The average Bonchev–Trinajstić information content (AvgIpc) is 3.18. The number of aromatic hydroxyl groups is 1. The number of oxime groups is 1. The van der Waals surface area contributed by atoms with Crippen LogP contribution in [0.5, 0.6) is 5.75 Å². The van der Waals surface area contributed by atoms with Gasteiger partial charge in [0.2, 0.25) is 5.96 Å². The van der Waals surface area contributed by atoms with Crippen LogP contribution in [0.4, 0.5) is 0 Å². The number of fused-ring (bicyclic) bond motifs is 1. The predicted octanol–water partition coefficient (Wildman–Crippen LogP) is 4.44. The van der Waals surface area contributed by atoms with Gasteiger partial charge in [-0.15, -0.1) is 0 Å². The summed E-state index contributed by atoms with van der Waals surface area (Å²) >= 11 is 0. The Morgan fingerprint density at radius 3 is 2.37 bits per heavy atom.